The number of carboxylic acid groups (broad SMARTS) is 1. The first kappa shape index (κ1) is 12.1. The van der Waals surface area contributed by atoms with E-state index in [0.29, 0.717) is 18.8 Å². The van der Waals surface area contributed by atoms with Gasteiger partial charge in [0.15, 0.2) is 6.10 Å². The van der Waals surface area contributed by atoms with Crippen molar-refractivity contribution in [2.75, 3.05) is 13.2 Å². The molecule has 0 spiro atoms. The van der Waals surface area contributed by atoms with Crippen molar-refractivity contribution in [1.29, 1.82) is 0 Å². The van der Waals surface area contributed by atoms with Gasteiger partial charge >= 0.3 is 5.97 Å². The Balaban J connectivity index is 2.05. The van der Waals surface area contributed by atoms with E-state index in [-0.39, 0.29) is 6.10 Å². The highest BCUT2D eigenvalue weighted by atomic mass is 16.5. The molecule has 1 aromatic carbocycles. The molecule has 0 aromatic heterocycles. The molecule has 0 saturated carbocycles. The minimum Gasteiger partial charge on any atom is -0.479 e. The van der Waals surface area contributed by atoms with Crippen molar-refractivity contribution in [1.82, 2.24) is 0 Å². The number of rotatable bonds is 4. The molecule has 1 heterocycles. The average Bonchev–Trinajstić information content (AvgIpc) is 2.38. The Hall–Kier alpha value is -1.39. The molecule has 0 unspecified atom stereocenters. The zero-order valence-corrected chi connectivity index (χ0v) is 9.54. The largest absolute Gasteiger partial charge is 0.479 e. The van der Waals surface area contributed by atoms with Crippen molar-refractivity contribution in [3.8, 4) is 0 Å². The van der Waals surface area contributed by atoms with Crippen molar-refractivity contribution in [2.24, 2.45) is 0 Å². The molecule has 1 aromatic rings. The summed E-state index contributed by atoms with van der Waals surface area (Å²) in [5.41, 5.74) is 0.687. The van der Waals surface area contributed by atoms with E-state index >= 15 is 0 Å². The van der Waals surface area contributed by atoms with Gasteiger partial charge in [-0.05, 0) is 18.4 Å². The first-order valence-electron chi connectivity index (χ1n) is 5.78. The topological polar surface area (TPSA) is 55.8 Å². The Labute approximate surface area is 100 Å². The highest BCUT2D eigenvalue weighted by Gasteiger charge is 2.25. The Morgan fingerprint density at radius 2 is 1.94 bits per heavy atom. The van der Waals surface area contributed by atoms with Gasteiger partial charge in [0.05, 0.1) is 6.10 Å². The summed E-state index contributed by atoms with van der Waals surface area (Å²) < 4.78 is 10.9. The first-order chi connectivity index (χ1) is 8.27. The molecule has 1 fully saturated rings. The number of hydrogen-bond donors (Lipinski definition) is 1. The fraction of sp³-hybridized carbons (Fsp3) is 0.462. The molecule has 1 N–H and O–H groups in total. The lowest BCUT2D eigenvalue weighted by Crippen LogP contribution is -2.28. The standard InChI is InChI=1S/C13H16O4/c14-13(15)12(10-4-2-1-3-5-10)17-11-6-8-16-9-7-11/h1-5,11-12H,6-9H2,(H,14,15)/t12-/m1/s1. The number of aliphatic carboxylic acids is 1. The third-order valence-electron chi connectivity index (χ3n) is 2.82. The zero-order valence-electron chi connectivity index (χ0n) is 9.54. The number of hydrogen-bond acceptors (Lipinski definition) is 3. The lowest BCUT2D eigenvalue weighted by Gasteiger charge is -2.25. The molecular weight excluding hydrogens is 220 g/mol. The molecule has 1 atom stereocenters. The van der Waals surface area contributed by atoms with E-state index in [1.54, 1.807) is 12.1 Å². The van der Waals surface area contributed by atoms with Crippen LogP contribution >= 0.6 is 0 Å². The normalized spacial score (nSPS) is 18.8. The van der Waals surface area contributed by atoms with Crippen molar-refractivity contribution in [3.63, 3.8) is 0 Å². The molecule has 1 saturated heterocycles. The smallest absolute Gasteiger partial charge is 0.337 e. The molecule has 1 aliphatic heterocycles. The average molecular weight is 236 g/mol. The summed E-state index contributed by atoms with van der Waals surface area (Å²) in [7, 11) is 0. The second-order valence-corrected chi connectivity index (χ2v) is 4.08. The van der Waals surface area contributed by atoms with Gasteiger partial charge in [0, 0.05) is 13.2 Å². The number of benzene rings is 1. The summed E-state index contributed by atoms with van der Waals surface area (Å²) in [6.07, 6.45) is 0.622. The highest BCUT2D eigenvalue weighted by molar-refractivity contribution is 5.74. The number of ether oxygens (including phenoxy) is 2. The van der Waals surface area contributed by atoms with Crippen LogP contribution in [0.1, 0.15) is 24.5 Å². The minimum atomic E-state index is -0.942. The molecule has 17 heavy (non-hydrogen) atoms. The van der Waals surface area contributed by atoms with Crippen LogP contribution in [0.2, 0.25) is 0 Å². The van der Waals surface area contributed by atoms with E-state index in [0.717, 1.165) is 12.8 Å². The summed E-state index contributed by atoms with van der Waals surface area (Å²) in [4.78, 5) is 11.2. The molecular formula is C13H16O4. The van der Waals surface area contributed by atoms with E-state index in [1.165, 1.54) is 0 Å². The molecule has 2 rings (SSSR count). The summed E-state index contributed by atoms with van der Waals surface area (Å²) in [5.74, 6) is -0.942. The molecule has 0 amide bonds. The van der Waals surface area contributed by atoms with Crippen LogP contribution in [0.25, 0.3) is 0 Å². The third-order valence-corrected chi connectivity index (χ3v) is 2.82. The molecule has 4 nitrogen and oxygen atoms in total. The fourth-order valence-corrected chi connectivity index (χ4v) is 1.91. The van der Waals surface area contributed by atoms with E-state index in [2.05, 4.69) is 0 Å². The summed E-state index contributed by atoms with van der Waals surface area (Å²) in [5, 5.41) is 9.20. The van der Waals surface area contributed by atoms with Crippen LogP contribution in [0.5, 0.6) is 0 Å². The van der Waals surface area contributed by atoms with Gasteiger partial charge in [0.2, 0.25) is 0 Å². The minimum absolute atomic E-state index is 0.0231. The van der Waals surface area contributed by atoms with Crippen molar-refractivity contribution in [2.45, 2.75) is 25.0 Å². The van der Waals surface area contributed by atoms with Gasteiger partial charge < -0.3 is 14.6 Å². The fourth-order valence-electron chi connectivity index (χ4n) is 1.91. The van der Waals surface area contributed by atoms with E-state index in [4.69, 9.17) is 9.47 Å². The molecule has 0 bridgehead atoms. The van der Waals surface area contributed by atoms with Gasteiger partial charge in [0.25, 0.3) is 0 Å². The predicted molar refractivity (Wildman–Crippen MR) is 61.7 cm³/mol. The van der Waals surface area contributed by atoms with E-state index < -0.39 is 12.1 Å². The van der Waals surface area contributed by atoms with Crippen LogP contribution in [0.15, 0.2) is 30.3 Å². The van der Waals surface area contributed by atoms with Crippen LogP contribution in [0.3, 0.4) is 0 Å². The Bertz CT molecular complexity index is 357. The quantitative estimate of drug-likeness (QED) is 0.868. The van der Waals surface area contributed by atoms with Crippen LogP contribution < -0.4 is 0 Å². The molecule has 4 heteroatoms. The lowest BCUT2D eigenvalue weighted by atomic mass is 10.1. The van der Waals surface area contributed by atoms with Crippen molar-refractivity contribution in [3.05, 3.63) is 35.9 Å². The van der Waals surface area contributed by atoms with Gasteiger partial charge in [0.1, 0.15) is 0 Å². The SMILES string of the molecule is O=C(O)[C@H](OC1CCOCC1)c1ccccc1. The Morgan fingerprint density at radius 3 is 2.53 bits per heavy atom. The van der Waals surface area contributed by atoms with Crippen molar-refractivity contribution >= 4 is 5.97 Å². The second-order valence-electron chi connectivity index (χ2n) is 4.08. The summed E-state index contributed by atoms with van der Waals surface area (Å²) in [6, 6.07) is 9.05. The number of carbonyl (C=O) groups is 1. The van der Waals surface area contributed by atoms with Gasteiger partial charge in [-0.25, -0.2) is 4.79 Å². The van der Waals surface area contributed by atoms with Crippen LogP contribution in [0, 0.1) is 0 Å². The van der Waals surface area contributed by atoms with E-state index in [1.807, 2.05) is 18.2 Å². The van der Waals surface area contributed by atoms with E-state index in [9.17, 15) is 9.90 Å². The summed E-state index contributed by atoms with van der Waals surface area (Å²) >= 11 is 0. The molecule has 0 radical (unpaired) electrons. The van der Waals surface area contributed by atoms with Crippen LogP contribution in [-0.4, -0.2) is 30.4 Å². The Kier molecular flexibility index (Phi) is 4.12. The molecule has 0 aliphatic carbocycles. The lowest BCUT2D eigenvalue weighted by molar-refractivity contribution is -0.158. The van der Waals surface area contributed by atoms with Crippen LogP contribution in [0.4, 0.5) is 0 Å². The third kappa shape index (κ3) is 3.28. The maximum atomic E-state index is 11.2. The van der Waals surface area contributed by atoms with Gasteiger partial charge in [-0.2, -0.15) is 0 Å². The first-order valence-corrected chi connectivity index (χ1v) is 5.78. The maximum Gasteiger partial charge on any atom is 0.337 e. The zero-order chi connectivity index (χ0) is 12.1. The van der Waals surface area contributed by atoms with Crippen molar-refractivity contribution < 1.29 is 19.4 Å². The Morgan fingerprint density at radius 1 is 1.29 bits per heavy atom. The number of carboxylic acids is 1. The summed E-state index contributed by atoms with van der Waals surface area (Å²) in [6.45, 7) is 1.29. The molecule has 1 aliphatic rings. The highest BCUT2D eigenvalue weighted by Crippen LogP contribution is 2.23. The van der Waals surface area contributed by atoms with Gasteiger partial charge in [-0.1, -0.05) is 30.3 Å². The maximum absolute atomic E-state index is 11.2. The molecule has 92 valence electrons. The monoisotopic (exact) mass is 236 g/mol. The van der Waals surface area contributed by atoms with Gasteiger partial charge in [-0.15, -0.1) is 0 Å². The van der Waals surface area contributed by atoms with Gasteiger partial charge in [-0.3, -0.25) is 0 Å². The van der Waals surface area contributed by atoms with Crippen LogP contribution in [-0.2, 0) is 14.3 Å². The predicted octanol–water partition coefficient (Wildman–Crippen LogP) is 2.01. The second kappa shape index (κ2) is 5.80.